The lowest BCUT2D eigenvalue weighted by atomic mass is 9.98. The molecule has 0 fully saturated rings. The first-order valence-corrected chi connectivity index (χ1v) is 8.95. The molecular formula is C21H27NO4. The second-order valence-corrected chi connectivity index (χ2v) is 6.62. The Morgan fingerprint density at radius 2 is 1.73 bits per heavy atom. The molecule has 1 aliphatic heterocycles. The molecule has 1 N–H and O–H groups in total. The number of fused-ring (bicyclic) bond motifs is 1. The summed E-state index contributed by atoms with van der Waals surface area (Å²) in [6.45, 7) is 3.17. The van der Waals surface area contributed by atoms with Crippen LogP contribution in [0.15, 0.2) is 42.5 Å². The average Bonchev–Trinajstić information content (AvgIpc) is 2.67. The number of hydrogen-bond acceptors (Lipinski definition) is 5. The van der Waals surface area contributed by atoms with E-state index in [-0.39, 0.29) is 0 Å². The van der Waals surface area contributed by atoms with Crippen LogP contribution in [-0.2, 0) is 24.3 Å². The van der Waals surface area contributed by atoms with Crippen molar-refractivity contribution in [3.63, 3.8) is 0 Å². The van der Waals surface area contributed by atoms with E-state index in [1.807, 2.05) is 36.4 Å². The molecule has 3 rings (SSSR count). The van der Waals surface area contributed by atoms with Crippen LogP contribution in [0.1, 0.15) is 16.7 Å². The zero-order valence-electron chi connectivity index (χ0n) is 15.5. The van der Waals surface area contributed by atoms with Gasteiger partial charge >= 0.3 is 0 Å². The summed E-state index contributed by atoms with van der Waals surface area (Å²) in [7, 11) is 3.31. The van der Waals surface area contributed by atoms with Crippen LogP contribution in [0.5, 0.6) is 11.5 Å². The Bertz CT molecular complexity index is 705. The van der Waals surface area contributed by atoms with Gasteiger partial charge in [-0.15, -0.1) is 0 Å². The van der Waals surface area contributed by atoms with Gasteiger partial charge in [-0.25, -0.2) is 0 Å². The minimum atomic E-state index is -0.500. The lowest BCUT2D eigenvalue weighted by molar-refractivity contribution is 0.00772. The third kappa shape index (κ3) is 4.75. The van der Waals surface area contributed by atoms with Gasteiger partial charge in [-0.3, -0.25) is 4.90 Å². The van der Waals surface area contributed by atoms with Gasteiger partial charge in [0.25, 0.3) is 0 Å². The molecule has 0 bridgehead atoms. The third-order valence-corrected chi connectivity index (χ3v) is 4.69. The van der Waals surface area contributed by atoms with Crippen LogP contribution in [0.25, 0.3) is 0 Å². The lowest BCUT2D eigenvalue weighted by Gasteiger charge is -2.31. The molecule has 0 unspecified atom stereocenters. The Balaban J connectivity index is 1.50. The Hall–Kier alpha value is -2.08. The Kier molecular flexibility index (Phi) is 6.50. The van der Waals surface area contributed by atoms with E-state index in [0.717, 1.165) is 36.6 Å². The summed E-state index contributed by atoms with van der Waals surface area (Å²) in [5.74, 6) is 1.52. The Morgan fingerprint density at radius 3 is 2.42 bits per heavy atom. The number of hydrogen-bond donors (Lipinski definition) is 1. The topological polar surface area (TPSA) is 51.2 Å². The molecule has 1 aliphatic rings. The van der Waals surface area contributed by atoms with Crippen LogP contribution >= 0.6 is 0 Å². The van der Waals surface area contributed by atoms with Crippen LogP contribution in [0.4, 0.5) is 0 Å². The molecule has 0 aromatic heterocycles. The van der Waals surface area contributed by atoms with Crippen LogP contribution in [0.3, 0.4) is 0 Å². The van der Waals surface area contributed by atoms with Gasteiger partial charge in [0.15, 0.2) is 11.5 Å². The smallest absolute Gasteiger partial charge is 0.161 e. The average molecular weight is 357 g/mol. The molecule has 1 heterocycles. The number of benzene rings is 2. The maximum absolute atomic E-state index is 10.3. The molecule has 140 valence electrons. The molecule has 0 radical (unpaired) electrons. The maximum Gasteiger partial charge on any atom is 0.161 e. The van der Waals surface area contributed by atoms with E-state index in [0.29, 0.717) is 19.8 Å². The predicted octanol–water partition coefficient (Wildman–Crippen LogP) is 2.64. The van der Waals surface area contributed by atoms with Crippen molar-refractivity contribution in [2.75, 3.05) is 33.9 Å². The van der Waals surface area contributed by atoms with E-state index in [2.05, 4.69) is 11.0 Å². The highest BCUT2D eigenvalue weighted by molar-refractivity contribution is 5.48. The summed E-state index contributed by atoms with van der Waals surface area (Å²) in [4.78, 5) is 2.25. The molecule has 0 saturated carbocycles. The Morgan fingerprint density at radius 1 is 1.04 bits per heavy atom. The second-order valence-electron chi connectivity index (χ2n) is 6.62. The quantitative estimate of drug-likeness (QED) is 0.787. The first kappa shape index (κ1) is 18.7. The molecule has 5 heteroatoms. The van der Waals surface area contributed by atoms with Gasteiger partial charge in [-0.1, -0.05) is 30.3 Å². The number of aliphatic hydroxyl groups is 1. The van der Waals surface area contributed by atoms with E-state index >= 15 is 0 Å². The van der Waals surface area contributed by atoms with E-state index in [9.17, 15) is 5.11 Å². The van der Waals surface area contributed by atoms with Crippen LogP contribution in [0.2, 0.25) is 0 Å². The molecule has 2 aromatic rings. The second kappa shape index (κ2) is 9.03. The van der Waals surface area contributed by atoms with E-state index in [1.165, 1.54) is 11.1 Å². The summed E-state index contributed by atoms with van der Waals surface area (Å²) >= 11 is 0. The molecule has 2 aromatic carbocycles. The van der Waals surface area contributed by atoms with E-state index in [4.69, 9.17) is 14.2 Å². The lowest BCUT2D eigenvalue weighted by Crippen LogP contribution is -2.38. The molecule has 0 spiro atoms. The van der Waals surface area contributed by atoms with Crippen molar-refractivity contribution >= 4 is 0 Å². The Labute approximate surface area is 155 Å². The van der Waals surface area contributed by atoms with Crippen molar-refractivity contribution in [3.8, 4) is 11.5 Å². The molecule has 5 nitrogen and oxygen atoms in total. The van der Waals surface area contributed by atoms with Gasteiger partial charge in [-0.05, 0) is 35.2 Å². The van der Waals surface area contributed by atoms with Gasteiger partial charge in [-0.2, -0.15) is 0 Å². The molecule has 0 amide bonds. The van der Waals surface area contributed by atoms with Gasteiger partial charge in [0.2, 0.25) is 0 Å². The highest BCUT2D eigenvalue weighted by atomic mass is 16.5. The van der Waals surface area contributed by atoms with Crippen molar-refractivity contribution in [2.45, 2.75) is 25.7 Å². The third-order valence-electron chi connectivity index (χ3n) is 4.69. The maximum atomic E-state index is 10.3. The van der Waals surface area contributed by atoms with E-state index in [1.54, 1.807) is 14.2 Å². The van der Waals surface area contributed by atoms with Crippen molar-refractivity contribution in [3.05, 3.63) is 59.2 Å². The summed E-state index contributed by atoms with van der Waals surface area (Å²) in [6.07, 6.45) is 0.438. The summed E-state index contributed by atoms with van der Waals surface area (Å²) in [6, 6.07) is 14.1. The minimum absolute atomic E-state index is 0.337. The molecule has 26 heavy (non-hydrogen) atoms. The molecular weight excluding hydrogens is 330 g/mol. The highest BCUT2D eigenvalue weighted by Gasteiger charge is 2.21. The van der Waals surface area contributed by atoms with Crippen LogP contribution in [0, 0.1) is 0 Å². The zero-order chi connectivity index (χ0) is 18.4. The number of rotatable bonds is 8. The van der Waals surface area contributed by atoms with Crippen LogP contribution in [-0.4, -0.2) is 50.0 Å². The fourth-order valence-electron chi connectivity index (χ4n) is 3.34. The fraction of sp³-hybridized carbons (Fsp3) is 0.429. The summed E-state index contributed by atoms with van der Waals surface area (Å²) < 4.78 is 16.4. The molecule has 0 aliphatic carbocycles. The van der Waals surface area contributed by atoms with Crippen LogP contribution < -0.4 is 9.47 Å². The van der Waals surface area contributed by atoms with Crippen molar-refractivity contribution in [1.29, 1.82) is 0 Å². The number of aliphatic hydroxyl groups excluding tert-OH is 1. The van der Waals surface area contributed by atoms with Gasteiger partial charge in [0.05, 0.1) is 33.5 Å². The fourth-order valence-corrected chi connectivity index (χ4v) is 3.34. The number of β-amino-alcohol motifs (C(OH)–C–C–N with tert-alkyl or cyclic N) is 1. The first-order chi connectivity index (χ1) is 12.7. The SMILES string of the molecule is COc1cc2c(cc1OC)CN(C[C@H](O)COCc1ccccc1)CC2. The van der Waals surface area contributed by atoms with Gasteiger partial charge < -0.3 is 19.3 Å². The molecule has 0 saturated heterocycles. The zero-order valence-corrected chi connectivity index (χ0v) is 15.5. The first-order valence-electron chi connectivity index (χ1n) is 8.95. The highest BCUT2D eigenvalue weighted by Crippen LogP contribution is 2.33. The summed E-state index contributed by atoms with van der Waals surface area (Å²) in [5.41, 5.74) is 3.63. The standard InChI is InChI=1S/C21H27NO4/c1-24-20-10-17-8-9-22(12-18(17)11-21(20)25-2)13-19(23)15-26-14-16-6-4-3-5-7-16/h3-7,10-11,19,23H,8-9,12-15H2,1-2H3/t19-/m0/s1. The van der Waals surface area contributed by atoms with Crippen molar-refractivity contribution in [1.82, 2.24) is 4.90 Å². The number of ether oxygens (including phenoxy) is 3. The normalized spacial score (nSPS) is 15.3. The van der Waals surface area contributed by atoms with Gasteiger partial charge in [0.1, 0.15) is 0 Å². The number of methoxy groups -OCH3 is 2. The summed E-state index contributed by atoms with van der Waals surface area (Å²) in [5, 5.41) is 10.3. The van der Waals surface area contributed by atoms with Gasteiger partial charge in [0, 0.05) is 19.6 Å². The minimum Gasteiger partial charge on any atom is -0.493 e. The van der Waals surface area contributed by atoms with E-state index < -0.39 is 6.10 Å². The number of nitrogens with zero attached hydrogens (tertiary/aromatic N) is 1. The van der Waals surface area contributed by atoms with Crippen molar-refractivity contribution in [2.24, 2.45) is 0 Å². The van der Waals surface area contributed by atoms with Crippen molar-refractivity contribution < 1.29 is 19.3 Å². The predicted molar refractivity (Wildman–Crippen MR) is 101 cm³/mol. The molecule has 1 atom stereocenters. The monoisotopic (exact) mass is 357 g/mol. The largest absolute Gasteiger partial charge is 0.493 e.